The number of carbonyl (C=O) groups is 5. The van der Waals surface area contributed by atoms with E-state index in [4.69, 9.17) is 14.2 Å². The van der Waals surface area contributed by atoms with Gasteiger partial charge in [-0.2, -0.15) is 0 Å². The summed E-state index contributed by atoms with van der Waals surface area (Å²) in [5.74, 6) is 1.11. The minimum absolute atomic E-state index is 0. The molecule has 3 aliphatic carbocycles. The van der Waals surface area contributed by atoms with Crippen LogP contribution in [0.15, 0.2) is 18.7 Å². The molecule has 0 bridgehead atoms. The van der Waals surface area contributed by atoms with Gasteiger partial charge in [0.1, 0.15) is 6.33 Å². The summed E-state index contributed by atoms with van der Waals surface area (Å²) < 4.78 is 16.3. The first-order valence-electron chi connectivity index (χ1n) is 19.0. The van der Waals surface area contributed by atoms with Crippen LogP contribution in [0.25, 0.3) is 0 Å². The van der Waals surface area contributed by atoms with Gasteiger partial charge in [0.05, 0.1) is 25.9 Å². The number of nitrogens with one attached hydrogen (secondary N) is 2. The smallest absolute Gasteiger partial charge is 0.327 e. The summed E-state index contributed by atoms with van der Waals surface area (Å²) >= 11 is 0. The molecule has 3 fully saturated rings. The zero-order chi connectivity index (χ0) is 37.6. The lowest BCUT2D eigenvalue weighted by Crippen LogP contribution is -3.00. The molecule has 0 aliphatic heterocycles. The van der Waals surface area contributed by atoms with E-state index in [0.29, 0.717) is 62.9 Å². The summed E-state index contributed by atoms with van der Waals surface area (Å²) in [6.07, 6.45) is 18.5. The van der Waals surface area contributed by atoms with Gasteiger partial charge >= 0.3 is 30.0 Å². The second-order valence-corrected chi connectivity index (χ2v) is 14.1. The molecule has 4 rings (SSSR count). The molecule has 3 saturated carbocycles. The molecule has 52 heavy (non-hydrogen) atoms. The fraction of sp³-hybridized carbons (Fsp3) is 0.784. The lowest BCUT2D eigenvalue weighted by atomic mass is 9.84. The summed E-state index contributed by atoms with van der Waals surface area (Å²) in [5, 5.41) is 5.98. The molecule has 0 unspecified atom stereocenters. The molecule has 15 heteroatoms. The summed E-state index contributed by atoms with van der Waals surface area (Å²) in [5.41, 5.74) is 4.03. The highest BCUT2D eigenvalue weighted by Gasteiger charge is 2.26. The van der Waals surface area contributed by atoms with Crippen molar-refractivity contribution in [3.63, 3.8) is 0 Å². The van der Waals surface area contributed by atoms with E-state index >= 15 is 0 Å². The standard InChI is InChI=1S/C14H21N3O3.C13H24N2O3.C10H19NO2.ClH/c1-2-20-13(18)9-11-3-5-12(6-4-11)16-14(19)17-8-7-15-10-17;1-4-18-12(16)9-10-5-7-11(8-6-10)14-13(17)15(2)3;1-2-13-10(12)7-8-3-5-9(11)6-4-8;/h7-8,10-12H,2-6,9H2,1H3,(H,16,19);10-11H,4-9H2,1-3H3,(H,14,17);8-9H,2-7,11H2,1H3;1H. The number of aromatic nitrogens is 2. The number of rotatable bonds is 11. The van der Waals surface area contributed by atoms with Crippen LogP contribution in [0.5, 0.6) is 0 Å². The van der Waals surface area contributed by atoms with Crippen molar-refractivity contribution < 1.29 is 56.3 Å². The summed E-state index contributed by atoms with van der Waals surface area (Å²) in [4.78, 5) is 62.7. The molecule has 1 aromatic rings. The van der Waals surface area contributed by atoms with E-state index in [1.54, 1.807) is 31.4 Å². The Kier molecular flexibility index (Phi) is 23.7. The van der Waals surface area contributed by atoms with Gasteiger partial charge < -0.3 is 47.9 Å². The van der Waals surface area contributed by atoms with Gasteiger partial charge in [-0.1, -0.05) is 0 Å². The van der Waals surface area contributed by atoms with E-state index in [1.165, 1.54) is 23.7 Å². The van der Waals surface area contributed by atoms with Gasteiger partial charge in [-0.15, -0.1) is 0 Å². The van der Waals surface area contributed by atoms with Crippen molar-refractivity contribution in [2.24, 2.45) is 17.8 Å². The molecule has 14 nitrogen and oxygen atoms in total. The molecule has 3 amide bonds. The van der Waals surface area contributed by atoms with E-state index in [2.05, 4.69) is 21.4 Å². The Morgan fingerprint density at radius 2 is 1.06 bits per heavy atom. The highest BCUT2D eigenvalue weighted by molar-refractivity contribution is 5.76. The van der Waals surface area contributed by atoms with Crippen LogP contribution in [-0.4, -0.2) is 96.5 Å². The number of hydrogen-bond donors (Lipinski definition) is 3. The fourth-order valence-electron chi connectivity index (χ4n) is 6.76. The number of urea groups is 1. The third kappa shape index (κ3) is 19.4. The third-order valence-corrected chi connectivity index (χ3v) is 9.74. The van der Waals surface area contributed by atoms with Gasteiger partial charge in [-0.05, 0) is 116 Å². The molecule has 298 valence electrons. The predicted octanol–water partition coefficient (Wildman–Crippen LogP) is 1.47. The summed E-state index contributed by atoms with van der Waals surface area (Å²) in [7, 11) is 3.48. The SMILES string of the molecule is CCOC(=O)CC1CCC(NC(=O)N(C)C)CC1.CCOC(=O)CC1CCC(NC(=O)n2ccnc2)CC1.CCOC(=O)CC1CCC([NH3+])CC1.[Cl-]. The number of ether oxygens (including phenoxy) is 3. The Hall–Kier alpha value is -3.39. The molecule has 0 atom stereocenters. The minimum atomic E-state index is -0.142. The Balaban J connectivity index is 0.000000395. The quantitative estimate of drug-likeness (QED) is 0.222. The number of nitrogens with zero attached hydrogens (tertiary/aromatic N) is 3. The van der Waals surface area contributed by atoms with E-state index in [-0.39, 0.29) is 54.5 Å². The second-order valence-electron chi connectivity index (χ2n) is 14.1. The average molecular weight is 757 g/mol. The third-order valence-electron chi connectivity index (χ3n) is 9.74. The molecule has 0 saturated heterocycles. The maximum absolute atomic E-state index is 11.9. The van der Waals surface area contributed by atoms with Crippen molar-refractivity contribution in [1.29, 1.82) is 0 Å². The monoisotopic (exact) mass is 756 g/mol. The molecule has 5 N–H and O–H groups in total. The van der Waals surface area contributed by atoms with Crippen molar-refractivity contribution in [3.05, 3.63) is 18.7 Å². The Morgan fingerprint density at radius 3 is 1.40 bits per heavy atom. The van der Waals surface area contributed by atoms with Crippen LogP contribution in [0.4, 0.5) is 9.59 Å². The Morgan fingerprint density at radius 1 is 0.673 bits per heavy atom. The lowest BCUT2D eigenvalue weighted by molar-refractivity contribution is -0.426. The van der Waals surface area contributed by atoms with E-state index in [0.717, 1.165) is 64.2 Å². The highest BCUT2D eigenvalue weighted by Crippen LogP contribution is 2.28. The highest BCUT2D eigenvalue weighted by atomic mass is 35.5. The van der Waals surface area contributed by atoms with Crippen molar-refractivity contribution in [2.45, 2.75) is 135 Å². The fourth-order valence-corrected chi connectivity index (χ4v) is 6.76. The zero-order valence-electron chi connectivity index (χ0n) is 32.1. The van der Waals surface area contributed by atoms with Crippen LogP contribution in [0.2, 0.25) is 0 Å². The number of imidazole rings is 1. The first-order valence-corrected chi connectivity index (χ1v) is 19.0. The van der Waals surface area contributed by atoms with E-state index in [9.17, 15) is 24.0 Å². The largest absolute Gasteiger partial charge is 1.00 e. The number of quaternary nitrogens is 1. The van der Waals surface area contributed by atoms with Crippen LogP contribution < -0.4 is 28.8 Å². The first-order chi connectivity index (χ1) is 24.4. The molecule has 1 aromatic heterocycles. The molecular formula is C37H65ClN6O8. The van der Waals surface area contributed by atoms with Gasteiger partial charge in [0.15, 0.2) is 0 Å². The average Bonchev–Trinajstić information content (AvgIpc) is 3.64. The van der Waals surface area contributed by atoms with Crippen molar-refractivity contribution >= 4 is 30.0 Å². The Bertz CT molecular complexity index is 1160. The lowest BCUT2D eigenvalue weighted by Gasteiger charge is -2.29. The maximum atomic E-state index is 11.9. The van der Waals surface area contributed by atoms with Gasteiger partial charge in [0, 0.05) is 57.8 Å². The molecule has 0 radical (unpaired) electrons. The van der Waals surface area contributed by atoms with Crippen molar-refractivity contribution in [1.82, 2.24) is 25.1 Å². The van der Waals surface area contributed by atoms with Crippen LogP contribution in [0, 0.1) is 17.8 Å². The number of amides is 3. The molecule has 3 aliphatic rings. The van der Waals surface area contributed by atoms with E-state index in [1.807, 2.05) is 20.8 Å². The van der Waals surface area contributed by atoms with E-state index < -0.39 is 0 Å². The van der Waals surface area contributed by atoms with Crippen LogP contribution in [-0.2, 0) is 28.6 Å². The maximum Gasteiger partial charge on any atom is 0.327 e. The van der Waals surface area contributed by atoms with Gasteiger partial charge in [-0.25, -0.2) is 14.6 Å². The molecular weight excluding hydrogens is 692 g/mol. The summed E-state index contributed by atoms with van der Waals surface area (Å²) in [6.45, 7) is 6.89. The van der Waals surface area contributed by atoms with Crippen molar-refractivity contribution in [3.8, 4) is 0 Å². The molecule has 0 spiro atoms. The van der Waals surface area contributed by atoms with Gasteiger partial charge in [-0.3, -0.25) is 19.0 Å². The minimum Gasteiger partial charge on any atom is -1.00 e. The van der Waals surface area contributed by atoms with Gasteiger partial charge in [0.25, 0.3) is 0 Å². The zero-order valence-corrected chi connectivity index (χ0v) is 32.9. The topological polar surface area (TPSA) is 186 Å². The second kappa shape index (κ2) is 26.4. The number of carbonyl (C=O) groups excluding carboxylic acids is 5. The van der Waals surface area contributed by atoms with Crippen LogP contribution in [0.3, 0.4) is 0 Å². The van der Waals surface area contributed by atoms with Crippen LogP contribution >= 0.6 is 0 Å². The number of esters is 3. The Labute approximate surface area is 316 Å². The predicted molar refractivity (Wildman–Crippen MR) is 192 cm³/mol. The summed E-state index contributed by atoms with van der Waals surface area (Å²) in [6, 6.07) is 0.861. The van der Waals surface area contributed by atoms with Crippen LogP contribution in [0.1, 0.15) is 117 Å². The number of hydrogen-bond acceptors (Lipinski definition) is 9. The van der Waals surface area contributed by atoms with Gasteiger partial charge in [0.2, 0.25) is 0 Å². The first kappa shape index (κ1) is 46.6. The normalized spacial score (nSPS) is 23.7. The molecule has 0 aromatic carbocycles. The molecule has 1 heterocycles. The number of halogens is 1. The van der Waals surface area contributed by atoms with Crippen molar-refractivity contribution in [2.75, 3.05) is 33.9 Å².